The minimum absolute atomic E-state index is 0.0167. The van der Waals surface area contributed by atoms with Crippen LogP contribution in [0.3, 0.4) is 0 Å². The Balaban J connectivity index is 2.18. The van der Waals surface area contributed by atoms with Crippen molar-refractivity contribution in [2.75, 3.05) is 20.6 Å². The molecule has 0 heterocycles. The molecule has 166 valence electrons. The first-order valence-corrected chi connectivity index (χ1v) is 10.4. The number of likely N-dealkylation sites (N-methyl/N-ethyl adjacent to an activating group) is 2. The van der Waals surface area contributed by atoms with E-state index in [0.717, 1.165) is 22.5 Å². The molecule has 8 nitrogen and oxygen atoms in total. The van der Waals surface area contributed by atoms with Gasteiger partial charge in [0.1, 0.15) is 6.04 Å². The van der Waals surface area contributed by atoms with E-state index < -0.39 is 46.1 Å². The van der Waals surface area contributed by atoms with Gasteiger partial charge in [-0.3, -0.25) is 14.4 Å². The number of carbonyl (C=O) groups excluding carboxylic acids is 3. The van der Waals surface area contributed by atoms with Gasteiger partial charge in [0.2, 0.25) is 21.8 Å². The maximum Gasteiger partial charge on any atom is 0.246 e. The number of rotatable bonds is 8. The van der Waals surface area contributed by atoms with Crippen LogP contribution < -0.4 is 10.6 Å². The molecule has 0 fully saturated rings. The zero-order chi connectivity index (χ0) is 23.3. The van der Waals surface area contributed by atoms with Gasteiger partial charge in [-0.2, -0.15) is 4.31 Å². The summed E-state index contributed by atoms with van der Waals surface area (Å²) in [6.45, 7) is 0.698. The molecule has 0 aliphatic rings. The van der Waals surface area contributed by atoms with Gasteiger partial charge in [0.05, 0.1) is 11.4 Å². The fourth-order valence-electron chi connectivity index (χ4n) is 2.67. The first kappa shape index (κ1) is 24.1. The van der Waals surface area contributed by atoms with Crippen LogP contribution in [0.25, 0.3) is 0 Å². The molecule has 0 radical (unpaired) electrons. The van der Waals surface area contributed by atoms with Crippen molar-refractivity contribution in [1.82, 2.24) is 14.9 Å². The van der Waals surface area contributed by atoms with Crippen molar-refractivity contribution in [2.45, 2.75) is 17.9 Å². The molecule has 0 aliphatic heterocycles. The SMILES string of the molecule is CNC(=O)C(NC(=O)CN(C)S(=O)(=O)c1ccc(C(C)=O)cc1)c1ccc(F)c(F)c1. The van der Waals surface area contributed by atoms with E-state index in [1.165, 1.54) is 45.3 Å². The molecule has 0 aromatic heterocycles. The average molecular weight is 453 g/mol. The van der Waals surface area contributed by atoms with Gasteiger partial charge in [0.25, 0.3) is 0 Å². The topological polar surface area (TPSA) is 113 Å². The van der Waals surface area contributed by atoms with E-state index in [0.29, 0.717) is 5.56 Å². The molecule has 0 saturated heterocycles. The van der Waals surface area contributed by atoms with Crippen LogP contribution in [0.1, 0.15) is 28.9 Å². The monoisotopic (exact) mass is 453 g/mol. The standard InChI is InChI=1S/C20H21F2N3O5S/c1-12(26)13-4-7-15(8-5-13)31(29,30)25(3)11-18(27)24-19(20(28)23-2)14-6-9-16(21)17(22)10-14/h4-10,19H,11H2,1-3H3,(H,23,28)(H,24,27). The molecule has 2 rings (SSSR count). The number of nitrogens with one attached hydrogen (secondary N) is 2. The van der Waals surface area contributed by atoms with Gasteiger partial charge in [-0.05, 0) is 36.8 Å². The van der Waals surface area contributed by atoms with Crippen molar-refractivity contribution in [1.29, 1.82) is 0 Å². The molecular formula is C20H21F2N3O5S. The summed E-state index contributed by atoms with van der Waals surface area (Å²) in [7, 11) is -1.60. The third kappa shape index (κ3) is 5.70. The van der Waals surface area contributed by atoms with Crippen LogP contribution in [0.15, 0.2) is 47.4 Å². The zero-order valence-corrected chi connectivity index (χ0v) is 17.8. The molecule has 2 aromatic carbocycles. The lowest BCUT2D eigenvalue weighted by atomic mass is 10.1. The summed E-state index contributed by atoms with van der Waals surface area (Å²) in [6, 6.07) is 6.56. The average Bonchev–Trinajstić information content (AvgIpc) is 2.73. The molecule has 0 bridgehead atoms. The maximum absolute atomic E-state index is 13.5. The molecule has 11 heteroatoms. The summed E-state index contributed by atoms with van der Waals surface area (Å²) in [5.41, 5.74) is 0.316. The van der Waals surface area contributed by atoms with E-state index in [9.17, 15) is 31.6 Å². The molecular weight excluding hydrogens is 432 g/mol. The predicted octanol–water partition coefficient (Wildman–Crippen LogP) is 1.39. The molecule has 2 amide bonds. The molecule has 0 aliphatic carbocycles. The van der Waals surface area contributed by atoms with Crippen molar-refractivity contribution in [2.24, 2.45) is 0 Å². The fraction of sp³-hybridized carbons (Fsp3) is 0.250. The highest BCUT2D eigenvalue weighted by Crippen LogP contribution is 2.18. The molecule has 2 aromatic rings. The van der Waals surface area contributed by atoms with Crippen molar-refractivity contribution in [3.05, 3.63) is 65.2 Å². The lowest BCUT2D eigenvalue weighted by molar-refractivity contribution is -0.128. The fourth-order valence-corrected chi connectivity index (χ4v) is 3.80. The zero-order valence-electron chi connectivity index (χ0n) is 17.0. The first-order chi connectivity index (χ1) is 14.5. The van der Waals surface area contributed by atoms with Crippen LogP contribution in [0.4, 0.5) is 8.78 Å². The van der Waals surface area contributed by atoms with Crippen molar-refractivity contribution >= 4 is 27.6 Å². The Morgan fingerprint density at radius 2 is 1.65 bits per heavy atom. The number of carbonyl (C=O) groups is 3. The summed E-state index contributed by atoms with van der Waals surface area (Å²) in [6.07, 6.45) is 0. The summed E-state index contributed by atoms with van der Waals surface area (Å²) in [4.78, 5) is 35.8. The second kappa shape index (κ2) is 9.75. The quantitative estimate of drug-likeness (QED) is 0.587. The number of Topliss-reactive ketones (excluding diaryl/α,β-unsaturated/α-hetero) is 1. The Hall–Kier alpha value is -3.18. The third-order valence-corrected chi connectivity index (χ3v) is 6.24. The summed E-state index contributed by atoms with van der Waals surface area (Å²) < 4.78 is 52.8. The number of hydrogen-bond acceptors (Lipinski definition) is 5. The summed E-state index contributed by atoms with van der Waals surface area (Å²) >= 11 is 0. The van der Waals surface area contributed by atoms with Crippen LogP contribution in [-0.2, 0) is 19.6 Å². The van der Waals surface area contributed by atoms with Crippen LogP contribution in [-0.4, -0.2) is 51.0 Å². The number of sulfonamides is 1. The number of amides is 2. The Kier molecular flexibility index (Phi) is 7.58. The van der Waals surface area contributed by atoms with Gasteiger partial charge in [0.15, 0.2) is 17.4 Å². The van der Waals surface area contributed by atoms with Gasteiger partial charge >= 0.3 is 0 Å². The molecule has 31 heavy (non-hydrogen) atoms. The van der Waals surface area contributed by atoms with E-state index in [-0.39, 0.29) is 16.2 Å². The van der Waals surface area contributed by atoms with Gasteiger partial charge < -0.3 is 10.6 Å². The Morgan fingerprint density at radius 1 is 1.03 bits per heavy atom. The normalized spacial score (nSPS) is 12.3. The highest BCUT2D eigenvalue weighted by atomic mass is 32.2. The molecule has 1 unspecified atom stereocenters. The van der Waals surface area contributed by atoms with Crippen molar-refractivity contribution in [3.63, 3.8) is 0 Å². The summed E-state index contributed by atoms with van der Waals surface area (Å²) in [5, 5.41) is 4.62. The van der Waals surface area contributed by atoms with Crippen molar-refractivity contribution < 1.29 is 31.6 Å². The van der Waals surface area contributed by atoms with E-state index in [1.54, 1.807) is 0 Å². The van der Waals surface area contributed by atoms with Gasteiger partial charge in [-0.15, -0.1) is 0 Å². The minimum Gasteiger partial charge on any atom is -0.357 e. The molecule has 0 saturated carbocycles. The predicted molar refractivity (Wildman–Crippen MR) is 108 cm³/mol. The van der Waals surface area contributed by atoms with E-state index in [4.69, 9.17) is 0 Å². The smallest absolute Gasteiger partial charge is 0.246 e. The lowest BCUT2D eigenvalue weighted by Crippen LogP contribution is -2.44. The third-order valence-electron chi connectivity index (χ3n) is 4.43. The number of hydrogen-bond donors (Lipinski definition) is 2. The number of ketones is 1. The second-order valence-electron chi connectivity index (χ2n) is 6.63. The Labute approximate surface area is 178 Å². The highest BCUT2D eigenvalue weighted by molar-refractivity contribution is 7.89. The molecule has 0 spiro atoms. The van der Waals surface area contributed by atoms with Gasteiger partial charge in [-0.1, -0.05) is 18.2 Å². The van der Waals surface area contributed by atoms with Gasteiger partial charge in [-0.25, -0.2) is 17.2 Å². The number of halogens is 2. The van der Waals surface area contributed by atoms with Crippen LogP contribution in [0.5, 0.6) is 0 Å². The van der Waals surface area contributed by atoms with E-state index >= 15 is 0 Å². The minimum atomic E-state index is -4.06. The Morgan fingerprint density at radius 3 is 2.16 bits per heavy atom. The van der Waals surface area contributed by atoms with Crippen LogP contribution >= 0.6 is 0 Å². The largest absolute Gasteiger partial charge is 0.357 e. The van der Waals surface area contributed by atoms with Gasteiger partial charge in [0, 0.05) is 19.7 Å². The number of nitrogens with zero attached hydrogens (tertiary/aromatic N) is 1. The summed E-state index contributed by atoms with van der Waals surface area (Å²) in [5.74, 6) is -4.09. The molecule has 2 N–H and O–H groups in total. The lowest BCUT2D eigenvalue weighted by Gasteiger charge is -2.21. The molecule has 1 atom stereocenters. The van der Waals surface area contributed by atoms with E-state index in [2.05, 4.69) is 10.6 Å². The maximum atomic E-state index is 13.5. The van der Waals surface area contributed by atoms with Crippen LogP contribution in [0.2, 0.25) is 0 Å². The van der Waals surface area contributed by atoms with Crippen LogP contribution in [0, 0.1) is 11.6 Å². The highest BCUT2D eigenvalue weighted by Gasteiger charge is 2.27. The van der Waals surface area contributed by atoms with E-state index in [1.807, 2.05) is 0 Å². The second-order valence-corrected chi connectivity index (χ2v) is 8.67. The first-order valence-electron chi connectivity index (χ1n) is 9.00. The van der Waals surface area contributed by atoms with Crippen molar-refractivity contribution in [3.8, 4) is 0 Å². The Bertz CT molecular complexity index is 1100. The number of benzene rings is 2.